The summed E-state index contributed by atoms with van der Waals surface area (Å²) in [6.07, 6.45) is 3.78. The highest BCUT2D eigenvalue weighted by molar-refractivity contribution is 5.82. The largest absolute Gasteiger partial charge is 0.461 e. The summed E-state index contributed by atoms with van der Waals surface area (Å²) < 4.78 is 5.87. The van der Waals surface area contributed by atoms with Crippen LogP contribution in [0.1, 0.15) is 30.6 Å². The minimum atomic E-state index is 0.771. The molecule has 3 nitrogen and oxygen atoms in total. The van der Waals surface area contributed by atoms with Gasteiger partial charge in [0.05, 0.1) is 0 Å². The summed E-state index contributed by atoms with van der Waals surface area (Å²) in [5, 5.41) is 1.27. The van der Waals surface area contributed by atoms with Gasteiger partial charge in [0.1, 0.15) is 11.3 Å². The zero-order chi connectivity index (χ0) is 13.9. The molecule has 0 saturated carbocycles. The normalized spacial score (nSPS) is 20.6. The Bertz CT molecular complexity index is 573. The van der Waals surface area contributed by atoms with Crippen LogP contribution >= 0.6 is 0 Å². The molecule has 0 spiro atoms. The number of piperidine rings is 1. The van der Waals surface area contributed by atoms with Crippen LogP contribution in [0.2, 0.25) is 0 Å². The quantitative estimate of drug-likeness (QED) is 0.928. The van der Waals surface area contributed by atoms with Crippen molar-refractivity contribution in [1.82, 2.24) is 4.90 Å². The average molecular weight is 272 g/mol. The Balaban J connectivity index is 1.77. The topological polar surface area (TPSA) is 42.4 Å². The molecule has 2 heterocycles. The number of aryl methyl sites for hydroxylation is 1. The first-order valence-corrected chi connectivity index (χ1v) is 7.67. The Morgan fingerprint density at radius 3 is 3.05 bits per heavy atom. The molecule has 0 aliphatic carbocycles. The first-order valence-electron chi connectivity index (χ1n) is 7.67. The maximum Gasteiger partial charge on any atom is 0.134 e. The van der Waals surface area contributed by atoms with Crippen LogP contribution in [0.3, 0.4) is 0 Å². The van der Waals surface area contributed by atoms with Gasteiger partial charge >= 0.3 is 0 Å². The summed E-state index contributed by atoms with van der Waals surface area (Å²) in [7, 11) is 0. The third kappa shape index (κ3) is 2.74. The fourth-order valence-electron chi connectivity index (χ4n) is 3.41. The monoisotopic (exact) mass is 272 g/mol. The van der Waals surface area contributed by atoms with Crippen molar-refractivity contribution in [2.45, 2.75) is 32.7 Å². The van der Waals surface area contributed by atoms with E-state index in [9.17, 15) is 0 Å². The van der Waals surface area contributed by atoms with Crippen molar-refractivity contribution in [3.63, 3.8) is 0 Å². The number of nitrogens with two attached hydrogens (primary N) is 1. The first kappa shape index (κ1) is 13.7. The van der Waals surface area contributed by atoms with Gasteiger partial charge < -0.3 is 10.2 Å². The zero-order valence-electron chi connectivity index (χ0n) is 12.3. The number of hydrogen-bond acceptors (Lipinski definition) is 3. The molecule has 2 N–H and O–H groups in total. The van der Waals surface area contributed by atoms with E-state index in [0.29, 0.717) is 0 Å². The third-order valence-electron chi connectivity index (χ3n) is 4.46. The highest BCUT2D eigenvalue weighted by Crippen LogP contribution is 2.28. The minimum Gasteiger partial charge on any atom is -0.461 e. The van der Waals surface area contributed by atoms with Crippen molar-refractivity contribution in [3.05, 3.63) is 35.6 Å². The third-order valence-corrected chi connectivity index (χ3v) is 4.46. The summed E-state index contributed by atoms with van der Waals surface area (Å²) in [5.41, 5.74) is 8.07. The van der Waals surface area contributed by atoms with Crippen LogP contribution in [0.15, 0.2) is 28.7 Å². The number of para-hydroxylation sites is 1. The SMILES string of the molecule is Cc1oc2ccccc2c1CN1CCCC(CCN)C1. The first-order chi connectivity index (χ1) is 9.78. The summed E-state index contributed by atoms with van der Waals surface area (Å²) in [4.78, 5) is 2.56. The average Bonchev–Trinajstić information content (AvgIpc) is 2.76. The molecule has 1 aliphatic rings. The Labute approximate surface area is 120 Å². The highest BCUT2D eigenvalue weighted by atomic mass is 16.3. The molecule has 0 radical (unpaired) electrons. The van der Waals surface area contributed by atoms with E-state index in [-0.39, 0.29) is 0 Å². The molecule has 1 aromatic heterocycles. The number of rotatable bonds is 4. The van der Waals surface area contributed by atoms with Crippen molar-refractivity contribution >= 4 is 11.0 Å². The maximum absolute atomic E-state index is 5.87. The molecular weight excluding hydrogens is 248 g/mol. The summed E-state index contributed by atoms with van der Waals surface area (Å²) in [6, 6.07) is 8.35. The second kappa shape index (κ2) is 5.98. The maximum atomic E-state index is 5.87. The van der Waals surface area contributed by atoms with Crippen LogP contribution in [0, 0.1) is 12.8 Å². The number of furan rings is 1. The number of nitrogens with zero attached hydrogens (tertiary/aromatic N) is 1. The molecule has 1 aromatic carbocycles. The minimum absolute atomic E-state index is 0.771. The molecule has 20 heavy (non-hydrogen) atoms. The van der Waals surface area contributed by atoms with Crippen LogP contribution in [-0.2, 0) is 6.54 Å². The molecule has 108 valence electrons. The van der Waals surface area contributed by atoms with Crippen molar-refractivity contribution in [2.75, 3.05) is 19.6 Å². The van der Waals surface area contributed by atoms with E-state index in [0.717, 1.165) is 36.8 Å². The van der Waals surface area contributed by atoms with Crippen LogP contribution in [-0.4, -0.2) is 24.5 Å². The van der Waals surface area contributed by atoms with Gasteiger partial charge in [-0.2, -0.15) is 0 Å². The van der Waals surface area contributed by atoms with Gasteiger partial charge in [-0.05, 0) is 51.3 Å². The van der Waals surface area contributed by atoms with Gasteiger partial charge in [-0.15, -0.1) is 0 Å². The van der Waals surface area contributed by atoms with Crippen molar-refractivity contribution in [3.8, 4) is 0 Å². The smallest absolute Gasteiger partial charge is 0.134 e. The van der Waals surface area contributed by atoms with E-state index in [1.807, 2.05) is 6.07 Å². The summed E-state index contributed by atoms with van der Waals surface area (Å²) >= 11 is 0. The van der Waals surface area contributed by atoms with E-state index in [1.54, 1.807) is 0 Å². The Hall–Kier alpha value is -1.32. The molecule has 1 saturated heterocycles. The molecule has 1 unspecified atom stereocenters. The highest BCUT2D eigenvalue weighted by Gasteiger charge is 2.21. The van der Waals surface area contributed by atoms with E-state index in [2.05, 4.69) is 30.0 Å². The lowest BCUT2D eigenvalue weighted by atomic mass is 9.94. The lowest BCUT2D eigenvalue weighted by Gasteiger charge is -2.32. The van der Waals surface area contributed by atoms with E-state index < -0.39 is 0 Å². The van der Waals surface area contributed by atoms with E-state index in [1.165, 1.54) is 36.9 Å². The van der Waals surface area contributed by atoms with Crippen molar-refractivity contribution in [1.29, 1.82) is 0 Å². The van der Waals surface area contributed by atoms with Crippen molar-refractivity contribution in [2.24, 2.45) is 11.7 Å². The Morgan fingerprint density at radius 1 is 1.35 bits per heavy atom. The van der Waals surface area contributed by atoms with Gasteiger partial charge in [0.15, 0.2) is 0 Å². The van der Waals surface area contributed by atoms with Gasteiger partial charge in [-0.25, -0.2) is 0 Å². The Kier molecular flexibility index (Phi) is 4.08. The van der Waals surface area contributed by atoms with Crippen LogP contribution in [0.25, 0.3) is 11.0 Å². The summed E-state index contributed by atoms with van der Waals surface area (Å²) in [6.45, 7) is 6.27. The molecular formula is C17H24N2O. The van der Waals surface area contributed by atoms with Gasteiger partial charge in [-0.1, -0.05) is 18.2 Å². The molecule has 2 aromatic rings. The van der Waals surface area contributed by atoms with Crippen molar-refractivity contribution < 1.29 is 4.42 Å². The molecule has 3 rings (SSSR count). The fraction of sp³-hybridized carbons (Fsp3) is 0.529. The molecule has 1 fully saturated rings. The van der Waals surface area contributed by atoms with E-state index in [4.69, 9.17) is 10.2 Å². The molecule has 1 aliphatic heterocycles. The predicted molar refractivity (Wildman–Crippen MR) is 82.6 cm³/mol. The fourth-order valence-corrected chi connectivity index (χ4v) is 3.41. The van der Waals surface area contributed by atoms with E-state index >= 15 is 0 Å². The number of benzene rings is 1. The van der Waals surface area contributed by atoms with Crippen LogP contribution < -0.4 is 5.73 Å². The lowest BCUT2D eigenvalue weighted by molar-refractivity contribution is 0.163. The summed E-state index contributed by atoms with van der Waals surface area (Å²) in [5.74, 6) is 1.83. The van der Waals surface area contributed by atoms with Gasteiger partial charge in [0.2, 0.25) is 0 Å². The van der Waals surface area contributed by atoms with Gasteiger partial charge in [0, 0.05) is 24.0 Å². The second-order valence-electron chi connectivity index (χ2n) is 5.95. The van der Waals surface area contributed by atoms with Crippen LogP contribution in [0.5, 0.6) is 0 Å². The molecule has 0 amide bonds. The van der Waals surface area contributed by atoms with Gasteiger partial charge in [0.25, 0.3) is 0 Å². The molecule has 1 atom stereocenters. The molecule has 3 heteroatoms. The van der Waals surface area contributed by atoms with Crippen LogP contribution in [0.4, 0.5) is 0 Å². The lowest BCUT2D eigenvalue weighted by Crippen LogP contribution is -2.35. The number of hydrogen-bond donors (Lipinski definition) is 1. The zero-order valence-corrected chi connectivity index (χ0v) is 12.3. The Morgan fingerprint density at radius 2 is 2.20 bits per heavy atom. The number of likely N-dealkylation sites (tertiary alicyclic amines) is 1. The second-order valence-corrected chi connectivity index (χ2v) is 5.95. The molecule has 0 bridgehead atoms. The number of fused-ring (bicyclic) bond motifs is 1. The standard InChI is InChI=1S/C17H24N2O/c1-13-16(15-6-2-3-7-17(15)20-13)12-19-10-4-5-14(11-19)8-9-18/h2-3,6-7,14H,4-5,8-12,18H2,1H3. The predicted octanol–water partition coefficient (Wildman–Crippen LogP) is 3.30. The van der Waals surface area contributed by atoms with Gasteiger partial charge in [-0.3, -0.25) is 4.90 Å².